The van der Waals surface area contributed by atoms with Gasteiger partial charge in [0.15, 0.2) is 12.4 Å². The minimum Gasteiger partial charge on any atom is -0.445 e. The molecule has 0 fully saturated rings. The van der Waals surface area contributed by atoms with E-state index in [4.69, 9.17) is 0 Å². The second-order valence-electron chi connectivity index (χ2n) is 3.81. The molecule has 0 amide bonds. The third-order valence-corrected chi connectivity index (χ3v) is 2.05. The van der Waals surface area contributed by atoms with Gasteiger partial charge in [0.25, 0.3) is 0 Å². The topological polar surface area (TPSA) is 3.88 Å². The number of nitrogens with zero attached hydrogens (tertiary/aromatic N) is 1. The average molecular weight is 309 g/mol. The van der Waals surface area contributed by atoms with Crippen LogP contribution in [0.4, 0.5) is 34.9 Å². The van der Waals surface area contributed by atoms with E-state index in [-0.39, 0.29) is 0 Å². The highest BCUT2D eigenvalue weighted by molar-refractivity contribution is 6.61. The second-order valence-corrected chi connectivity index (χ2v) is 3.81. The van der Waals surface area contributed by atoms with Crippen molar-refractivity contribution in [2.45, 2.75) is 31.9 Å². The van der Waals surface area contributed by atoms with Crippen molar-refractivity contribution in [1.82, 2.24) is 0 Å². The number of hydrogen-bond donors (Lipinski definition) is 0. The van der Waals surface area contributed by atoms with E-state index in [1.807, 2.05) is 6.07 Å². The molecular formula is C10H12BF8N. The summed E-state index contributed by atoms with van der Waals surface area (Å²) in [6, 6.07) is 6.14. The first kappa shape index (κ1) is 18.7. The van der Waals surface area contributed by atoms with Gasteiger partial charge in [-0.3, -0.25) is 0 Å². The molecule has 0 atom stereocenters. The molecule has 0 saturated carbocycles. The molecule has 1 aromatic rings. The molecule has 0 aliphatic heterocycles. The largest absolute Gasteiger partial charge is 0.558 e. The van der Waals surface area contributed by atoms with Crippen molar-refractivity contribution in [3.63, 3.8) is 0 Å². The molecule has 1 nitrogen and oxygen atoms in total. The summed E-state index contributed by atoms with van der Waals surface area (Å²) in [7, 11) is 0. The van der Waals surface area contributed by atoms with Crippen molar-refractivity contribution < 1.29 is 39.5 Å². The number of pyridine rings is 1. The fourth-order valence-corrected chi connectivity index (χ4v) is 1.03. The molecule has 20 heavy (non-hydrogen) atoms. The zero-order valence-corrected chi connectivity index (χ0v) is 10.3. The third-order valence-electron chi connectivity index (χ3n) is 2.05. The van der Waals surface area contributed by atoms with Gasteiger partial charge >= 0.3 is 19.0 Å². The number of rotatable bonds is 3. The lowest BCUT2D eigenvalue weighted by molar-refractivity contribution is -0.697. The van der Waals surface area contributed by atoms with Crippen LogP contribution in [0.3, 0.4) is 0 Å². The molecule has 0 bridgehead atoms. The number of aryl methyl sites for hydroxylation is 1. The van der Waals surface area contributed by atoms with Gasteiger partial charge in [0.05, 0.1) is 0 Å². The number of alkyl halides is 5. The molecule has 0 spiro atoms. The molecule has 0 N–H and O–H groups in total. The van der Waals surface area contributed by atoms with Crippen LogP contribution in [0.1, 0.15) is 13.3 Å². The minimum atomic E-state index is -7.21. The fraction of sp³-hybridized carbons (Fsp3) is 0.500. The Bertz CT molecular complexity index is 370. The zero-order valence-electron chi connectivity index (χ0n) is 10.3. The summed E-state index contributed by atoms with van der Waals surface area (Å²) in [5.74, 6) is -6.56. The van der Waals surface area contributed by atoms with Crippen LogP contribution in [-0.2, 0) is 6.54 Å². The smallest absolute Gasteiger partial charge is 0.445 e. The average Bonchev–Trinajstić information content (AvgIpc) is 2.28. The van der Waals surface area contributed by atoms with E-state index < -0.39 is 19.0 Å². The summed E-state index contributed by atoms with van der Waals surface area (Å²) < 4.78 is 90.0. The molecule has 0 aliphatic rings. The second kappa shape index (κ2) is 6.89. The van der Waals surface area contributed by atoms with Crippen LogP contribution in [0.5, 0.6) is 0 Å². The lowest BCUT2D eigenvalue weighted by atomic mass is 9.80. The van der Waals surface area contributed by atoms with Gasteiger partial charge in [-0.1, -0.05) is 13.0 Å². The molecule has 0 saturated heterocycles. The van der Waals surface area contributed by atoms with Crippen LogP contribution in [0.2, 0.25) is 0 Å². The Hall–Kier alpha value is -1.35. The zero-order chi connectivity index (χ0) is 16.0. The summed E-state index contributed by atoms with van der Waals surface area (Å²) in [5, 5.41) is 0. The van der Waals surface area contributed by atoms with Gasteiger partial charge < -0.3 is 12.9 Å². The van der Waals surface area contributed by atoms with Crippen LogP contribution in [0, 0.1) is 0 Å². The Balaban J connectivity index is 0.000000367. The Kier molecular flexibility index (Phi) is 6.43. The van der Waals surface area contributed by atoms with Crippen molar-refractivity contribution in [2.24, 2.45) is 0 Å². The van der Waals surface area contributed by atoms with Crippen molar-refractivity contribution in [3.8, 4) is 0 Å². The quantitative estimate of drug-likeness (QED) is 0.452. The number of hydrogen-bond acceptors (Lipinski definition) is 0. The first-order chi connectivity index (χ1) is 8.93. The van der Waals surface area contributed by atoms with E-state index in [9.17, 15) is 34.9 Å². The first-order valence-electron chi connectivity index (χ1n) is 5.51. The molecule has 1 aromatic heterocycles. The van der Waals surface area contributed by atoms with E-state index in [0.29, 0.717) is 0 Å². The Labute approximate surface area is 110 Å². The molecule has 116 valence electrons. The van der Waals surface area contributed by atoms with Crippen LogP contribution in [0.25, 0.3) is 0 Å². The molecule has 0 unspecified atom stereocenters. The first-order valence-corrected chi connectivity index (χ1v) is 5.51. The Morgan fingerprint density at radius 2 is 1.35 bits per heavy atom. The van der Waals surface area contributed by atoms with Gasteiger partial charge in [0, 0.05) is 18.6 Å². The number of halogens is 8. The minimum absolute atomic E-state index is 1.13. The highest BCUT2D eigenvalue weighted by atomic mass is 19.4. The molecule has 0 aliphatic carbocycles. The molecular weight excluding hydrogens is 297 g/mol. The molecule has 1 heterocycles. The molecule has 0 aromatic carbocycles. The fourth-order valence-electron chi connectivity index (χ4n) is 1.03. The molecule has 10 heteroatoms. The van der Waals surface area contributed by atoms with Crippen LogP contribution >= 0.6 is 0 Å². The van der Waals surface area contributed by atoms with Gasteiger partial charge in [-0.05, 0) is 0 Å². The highest BCUT2D eigenvalue weighted by Gasteiger charge is 2.69. The monoisotopic (exact) mass is 309 g/mol. The van der Waals surface area contributed by atoms with Gasteiger partial charge in [-0.2, -0.15) is 13.2 Å². The van der Waals surface area contributed by atoms with Crippen molar-refractivity contribution in [1.29, 1.82) is 0 Å². The maximum atomic E-state index is 11.2. The van der Waals surface area contributed by atoms with Gasteiger partial charge in [-0.25, -0.2) is 13.3 Å². The highest BCUT2D eigenvalue weighted by Crippen LogP contribution is 2.43. The van der Waals surface area contributed by atoms with E-state index >= 15 is 0 Å². The molecule has 1 rings (SSSR count). The summed E-state index contributed by atoms with van der Waals surface area (Å²) >= 11 is 0. The standard InChI is InChI=1S/C8H12N.C2BF8/c1-2-6-9-7-4-3-5-8-9;4-1(5,2(6,7)8)3(9,10)11/h3-5,7-8H,2,6H2,1H3;/q+1;-1. The van der Waals surface area contributed by atoms with Gasteiger partial charge in [0.2, 0.25) is 0 Å². The predicted octanol–water partition coefficient (Wildman–Crippen LogP) is 3.95. The van der Waals surface area contributed by atoms with E-state index in [1.54, 1.807) is 0 Å². The summed E-state index contributed by atoms with van der Waals surface area (Å²) in [6.07, 6.45) is -1.17. The summed E-state index contributed by atoms with van der Waals surface area (Å²) in [5.41, 5.74) is 0. The Morgan fingerprint density at radius 1 is 0.900 bits per heavy atom. The van der Waals surface area contributed by atoms with Crippen molar-refractivity contribution >= 4 is 6.98 Å². The van der Waals surface area contributed by atoms with Crippen molar-refractivity contribution in [3.05, 3.63) is 30.6 Å². The van der Waals surface area contributed by atoms with E-state index in [1.165, 1.54) is 6.42 Å². The molecule has 0 radical (unpaired) electrons. The SMILES string of the molecule is CCC[n+]1ccccc1.F[B-](F)(F)C(F)(F)C(F)(F)F. The van der Waals surface area contributed by atoms with Gasteiger partial charge in [-0.15, -0.1) is 0 Å². The maximum absolute atomic E-state index is 11.2. The lowest BCUT2D eigenvalue weighted by Crippen LogP contribution is -2.53. The van der Waals surface area contributed by atoms with Gasteiger partial charge in [0.1, 0.15) is 6.54 Å². The van der Waals surface area contributed by atoms with E-state index in [2.05, 4.69) is 36.0 Å². The van der Waals surface area contributed by atoms with E-state index in [0.717, 1.165) is 6.54 Å². The Morgan fingerprint density at radius 3 is 1.60 bits per heavy atom. The van der Waals surface area contributed by atoms with Crippen LogP contribution in [-0.4, -0.2) is 19.0 Å². The van der Waals surface area contributed by atoms with Crippen LogP contribution in [0.15, 0.2) is 30.6 Å². The van der Waals surface area contributed by atoms with Crippen molar-refractivity contribution in [2.75, 3.05) is 0 Å². The number of aromatic nitrogens is 1. The third kappa shape index (κ3) is 5.34. The summed E-state index contributed by atoms with van der Waals surface area (Å²) in [6.45, 7) is -3.90. The lowest BCUT2D eigenvalue weighted by Gasteiger charge is -2.28. The maximum Gasteiger partial charge on any atom is 0.558 e. The summed E-state index contributed by atoms with van der Waals surface area (Å²) in [4.78, 5) is 0. The predicted molar refractivity (Wildman–Crippen MR) is 57.0 cm³/mol. The van der Waals surface area contributed by atoms with Crippen LogP contribution < -0.4 is 4.57 Å². The normalized spacial score (nSPS) is 12.7.